The first kappa shape index (κ1) is 52.6. The summed E-state index contributed by atoms with van der Waals surface area (Å²) in [5.74, 6) is 0.836. The second-order valence-corrected chi connectivity index (χ2v) is 15.9. The van der Waals surface area contributed by atoms with Crippen LogP contribution < -0.4 is 29.7 Å². The number of rotatable bonds is 23. The molecule has 1 N–H and O–H groups in total. The number of nitrogens with one attached hydrogen (secondary N) is 1. The summed E-state index contributed by atoms with van der Waals surface area (Å²) in [7, 11) is 0. The van der Waals surface area contributed by atoms with Crippen LogP contribution in [0.15, 0.2) is 127 Å². The van der Waals surface area contributed by atoms with E-state index in [-0.39, 0.29) is 52.4 Å². The fourth-order valence-electron chi connectivity index (χ4n) is 8.37. The molecule has 0 heterocycles. The molecule has 0 saturated heterocycles. The molecule has 5 rings (SSSR count). The first-order valence-electron chi connectivity index (χ1n) is 22.1. The SMILES string of the molecule is CCCCCCCCCC.CCCC[NH+](CCCC)CCCC(C)CC1=C(c2ccccc2)C(c2ccccc2)=C(c2ccccc2)C1c1ccccc1.[Cl-].[Cl-].[Ti]. The normalized spacial score (nSPS) is 14.0. The van der Waals surface area contributed by atoms with E-state index in [1.165, 1.54) is 148 Å². The number of halogens is 2. The minimum Gasteiger partial charge on any atom is -1.00 e. The molecular formula is C53H74Cl2NTi-. The van der Waals surface area contributed by atoms with E-state index in [9.17, 15) is 0 Å². The van der Waals surface area contributed by atoms with Crippen LogP contribution in [0.25, 0.3) is 16.7 Å². The van der Waals surface area contributed by atoms with Gasteiger partial charge in [0.2, 0.25) is 0 Å². The molecule has 4 aromatic carbocycles. The predicted octanol–water partition coefficient (Wildman–Crippen LogP) is 8.29. The van der Waals surface area contributed by atoms with Gasteiger partial charge in [-0.25, -0.2) is 0 Å². The molecule has 0 saturated carbocycles. The first-order chi connectivity index (χ1) is 26.6. The summed E-state index contributed by atoms with van der Waals surface area (Å²) >= 11 is 0. The van der Waals surface area contributed by atoms with Gasteiger partial charge in [0.1, 0.15) is 0 Å². The molecule has 1 nitrogen and oxygen atoms in total. The molecule has 1 aliphatic rings. The van der Waals surface area contributed by atoms with Gasteiger partial charge >= 0.3 is 0 Å². The van der Waals surface area contributed by atoms with Crippen LogP contribution in [-0.2, 0) is 21.7 Å². The molecule has 4 heteroatoms. The quantitative estimate of drug-likeness (QED) is 0.0567. The summed E-state index contributed by atoms with van der Waals surface area (Å²) in [5, 5.41) is 0. The van der Waals surface area contributed by atoms with Crippen molar-refractivity contribution < 1.29 is 51.4 Å². The van der Waals surface area contributed by atoms with Crippen molar-refractivity contribution >= 4 is 16.7 Å². The molecule has 0 radical (unpaired) electrons. The molecule has 0 aromatic heterocycles. The Bertz CT molecular complexity index is 1610. The van der Waals surface area contributed by atoms with Crippen molar-refractivity contribution in [3.05, 3.63) is 149 Å². The van der Waals surface area contributed by atoms with Gasteiger partial charge in [0.25, 0.3) is 0 Å². The summed E-state index contributed by atoms with van der Waals surface area (Å²) in [5.41, 5.74) is 11.2. The van der Waals surface area contributed by atoms with E-state index in [1.54, 1.807) is 5.57 Å². The maximum atomic E-state index is 2.50. The Morgan fingerprint density at radius 1 is 0.456 bits per heavy atom. The van der Waals surface area contributed by atoms with Gasteiger partial charge in [0.15, 0.2) is 0 Å². The fraction of sp³-hybridized carbons (Fsp3) is 0.472. The van der Waals surface area contributed by atoms with Crippen molar-refractivity contribution in [2.75, 3.05) is 19.6 Å². The van der Waals surface area contributed by atoms with Gasteiger partial charge in [-0.3, -0.25) is 0 Å². The Balaban J connectivity index is 0.00000111. The van der Waals surface area contributed by atoms with Gasteiger partial charge in [-0.05, 0) is 82.6 Å². The molecule has 4 aromatic rings. The Hall–Kier alpha value is -2.39. The molecule has 2 atom stereocenters. The molecule has 57 heavy (non-hydrogen) atoms. The van der Waals surface area contributed by atoms with Gasteiger partial charge in [0.05, 0.1) is 19.6 Å². The number of hydrogen-bond acceptors (Lipinski definition) is 0. The molecule has 0 fully saturated rings. The van der Waals surface area contributed by atoms with Gasteiger partial charge in [-0.15, -0.1) is 0 Å². The standard InChI is InChI=1S/C43H51N.C10H22.2ClH.Ti/c1-4-6-30-44(31-7-5-2)32-20-21-34(3)33-39-40(35-22-12-8-13-23-35)42(37-26-16-10-17-27-37)43(38-28-18-11-19-29-38)41(39)36-24-14-9-15-25-36;1-3-5-7-9-10-8-6-4-2;;;/h8-19,22-29,34,40H,4-7,20-21,30-33H2,1-3H3;3-10H2,1-2H3;2*1H;/p-1. The van der Waals surface area contributed by atoms with Crippen LogP contribution in [0, 0.1) is 5.92 Å². The van der Waals surface area contributed by atoms with Crippen molar-refractivity contribution in [2.45, 2.75) is 137 Å². The minimum atomic E-state index is 0. The van der Waals surface area contributed by atoms with Crippen LogP contribution in [0.5, 0.6) is 0 Å². The molecule has 0 bridgehead atoms. The zero-order valence-corrected chi connectivity index (χ0v) is 39.3. The Morgan fingerprint density at radius 2 is 0.842 bits per heavy atom. The number of quaternary nitrogens is 1. The van der Waals surface area contributed by atoms with E-state index < -0.39 is 0 Å². The third-order valence-electron chi connectivity index (χ3n) is 11.3. The Labute approximate surface area is 377 Å². The average Bonchev–Trinajstić information content (AvgIpc) is 3.56. The molecular weight excluding hydrogens is 769 g/mol. The number of unbranched alkanes of at least 4 members (excludes halogenated alkanes) is 9. The smallest absolute Gasteiger partial charge is 0.0771 e. The topological polar surface area (TPSA) is 4.44 Å². The Morgan fingerprint density at radius 3 is 1.30 bits per heavy atom. The molecule has 0 amide bonds. The van der Waals surface area contributed by atoms with E-state index in [2.05, 4.69) is 156 Å². The second-order valence-electron chi connectivity index (χ2n) is 15.9. The summed E-state index contributed by atoms with van der Waals surface area (Å²) in [6.07, 6.45) is 20.4. The van der Waals surface area contributed by atoms with Crippen molar-refractivity contribution in [3.63, 3.8) is 0 Å². The number of allylic oxidation sites excluding steroid dienone is 4. The summed E-state index contributed by atoms with van der Waals surface area (Å²) in [6.45, 7) is 15.6. The average molecular weight is 844 g/mol. The summed E-state index contributed by atoms with van der Waals surface area (Å²) < 4.78 is 0. The van der Waals surface area contributed by atoms with Crippen LogP contribution in [-0.4, -0.2) is 19.6 Å². The van der Waals surface area contributed by atoms with Gasteiger partial charge in [-0.1, -0.05) is 220 Å². The largest absolute Gasteiger partial charge is 1.00 e. The van der Waals surface area contributed by atoms with Crippen LogP contribution in [0.4, 0.5) is 0 Å². The van der Waals surface area contributed by atoms with E-state index in [0.29, 0.717) is 5.92 Å². The summed E-state index contributed by atoms with van der Waals surface area (Å²) in [6, 6.07) is 44.7. The zero-order chi connectivity index (χ0) is 38.2. The third-order valence-corrected chi connectivity index (χ3v) is 11.3. The van der Waals surface area contributed by atoms with E-state index in [1.807, 2.05) is 4.90 Å². The Kier molecular flexibility index (Phi) is 29.1. The second kappa shape index (κ2) is 31.5. The van der Waals surface area contributed by atoms with Crippen molar-refractivity contribution in [1.82, 2.24) is 0 Å². The van der Waals surface area contributed by atoms with E-state index in [0.717, 1.165) is 6.42 Å². The molecule has 0 aliphatic heterocycles. The first-order valence-corrected chi connectivity index (χ1v) is 22.1. The van der Waals surface area contributed by atoms with Crippen molar-refractivity contribution in [3.8, 4) is 0 Å². The van der Waals surface area contributed by atoms with Crippen LogP contribution in [0.1, 0.15) is 159 Å². The third kappa shape index (κ3) is 17.4. The van der Waals surface area contributed by atoms with Gasteiger partial charge < -0.3 is 29.7 Å². The van der Waals surface area contributed by atoms with E-state index in [4.69, 9.17) is 0 Å². The molecule has 2 unspecified atom stereocenters. The van der Waals surface area contributed by atoms with Crippen LogP contribution in [0.2, 0.25) is 0 Å². The number of hydrogen-bond donors (Lipinski definition) is 1. The van der Waals surface area contributed by atoms with Crippen molar-refractivity contribution in [1.29, 1.82) is 0 Å². The molecule has 1 aliphatic carbocycles. The van der Waals surface area contributed by atoms with Crippen molar-refractivity contribution in [2.24, 2.45) is 5.92 Å². The van der Waals surface area contributed by atoms with Gasteiger partial charge in [-0.2, -0.15) is 0 Å². The maximum Gasteiger partial charge on any atom is 0.0771 e. The minimum absolute atomic E-state index is 0. The van der Waals surface area contributed by atoms with E-state index >= 15 is 0 Å². The molecule has 0 spiro atoms. The predicted molar refractivity (Wildman–Crippen MR) is 239 cm³/mol. The van der Waals surface area contributed by atoms with Gasteiger partial charge in [0, 0.05) is 27.6 Å². The van der Waals surface area contributed by atoms with Crippen LogP contribution >= 0.6 is 0 Å². The summed E-state index contributed by atoms with van der Waals surface area (Å²) in [4.78, 5) is 1.81. The molecule has 310 valence electrons. The maximum absolute atomic E-state index is 2.50. The van der Waals surface area contributed by atoms with Crippen LogP contribution in [0.3, 0.4) is 0 Å². The fourth-order valence-corrected chi connectivity index (χ4v) is 8.37. The monoisotopic (exact) mass is 842 g/mol. The number of benzene rings is 4. The zero-order valence-electron chi connectivity index (χ0n) is 36.2.